The van der Waals surface area contributed by atoms with E-state index < -0.39 is 0 Å². The van der Waals surface area contributed by atoms with Crippen molar-refractivity contribution >= 4 is 5.91 Å². The molecule has 60 valence electrons. The first-order valence-corrected chi connectivity index (χ1v) is 3.45. The summed E-state index contributed by atoms with van der Waals surface area (Å²) in [5.74, 6) is 0.329. The van der Waals surface area contributed by atoms with Gasteiger partial charge in [0.2, 0.25) is 5.91 Å². The van der Waals surface area contributed by atoms with E-state index in [-0.39, 0.29) is 12.1 Å². The van der Waals surface area contributed by atoms with Gasteiger partial charge in [-0.25, -0.2) is 0 Å². The van der Waals surface area contributed by atoms with Crippen molar-refractivity contribution in [2.45, 2.75) is 26.9 Å². The minimum atomic E-state index is -0.155. The SMILES string of the molecule is CC(=O)N(C)[C@@H](N)C(C)C. The molecule has 0 aliphatic carbocycles. The highest BCUT2D eigenvalue weighted by Gasteiger charge is 2.14. The Hall–Kier alpha value is -0.570. The summed E-state index contributed by atoms with van der Waals surface area (Å²) in [5, 5.41) is 0. The van der Waals surface area contributed by atoms with E-state index in [0.29, 0.717) is 5.92 Å². The highest BCUT2D eigenvalue weighted by molar-refractivity contribution is 5.73. The Labute approximate surface area is 62.2 Å². The molecular formula is C7H16N2O. The van der Waals surface area contributed by atoms with Gasteiger partial charge in [0.25, 0.3) is 0 Å². The summed E-state index contributed by atoms with van der Waals surface area (Å²) in [6.45, 7) is 5.50. The summed E-state index contributed by atoms with van der Waals surface area (Å²) in [5.41, 5.74) is 5.67. The number of nitrogens with zero attached hydrogens (tertiary/aromatic N) is 1. The van der Waals surface area contributed by atoms with Crippen LogP contribution in [0.1, 0.15) is 20.8 Å². The molecule has 0 aliphatic rings. The van der Waals surface area contributed by atoms with Crippen molar-refractivity contribution in [3.8, 4) is 0 Å². The Bertz CT molecular complexity index is 123. The lowest BCUT2D eigenvalue weighted by molar-refractivity contribution is -0.130. The van der Waals surface area contributed by atoms with E-state index >= 15 is 0 Å². The Kier molecular flexibility index (Phi) is 3.36. The predicted octanol–water partition coefficient (Wildman–Crippen LogP) is 0.405. The zero-order valence-corrected chi connectivity index (χ0v) is 7.09. The molecule has 0 aromatic carbocycles. The number of nitrogens with two attached hydrogens (primary N) is 1. The first-order valence-electron chi connectivity index (χ1n) is 3.45. The fourth-order valence-electron chi connectivity index (χ4n) is 0.657. The van der Waals surface area contributed by atoms with Crippen LogP contribution >= 0.6 is 0 Å². The zero-order valence-electron chi connectivity index (χ0n) is 7.09. The fourth-order valence-corrected chi connectivity index (χ4v) is 0.657. The van der Waals surface area contributed by atoms with Gasteiger partial charge >= 0.3 is 0 Å². The molecule has 0 aliphatic heterocycles. The molecule has 0 saturated heterocycles. The second-order valence-corrected chi connectivity index (χ2v) is 2.86. The molecule has 3 nitrogen and oxygen atoms in total. The highest BCUT2D eigenvalue weighted by Crippen LogP contribution is 2.02. The van der Waals surface area contributed by atoms with Crippen LogP contribution in [-0.4, -0.2) is 24.0 Å². The lowest BCUT2D eigenvalue weighted by Crippen LogP contribution is -2.45. The molecule has 2 N–H and O–H groups in total. The smallest absolute Gasteiger partial charge is 0.220 e. The van der Waals surface area contributed by atoms with Gasteiger partial charge < -0.3 is 10.6 Å². The first-order chi connectivity index (χ1) is 4.46. The van der Waals surface area contributed by atoms with Crippen molar-refractivity contribution in [3.63, 3.8) is 0 Å². The number of hydrogen-bond donors (Lipinski definition) is 1. The molecule has 0 bridgehead atoms. The van der Waals surface area contributed by atoms with Gasteiger partial charge in [0.15, 0.2) is 0 Å². The van der Waals surface area contributed by atoms with Gasteiger partial charge in [-0.2, -0.15) is 0 Å². The molecule has 0 heterocycles. The quantitative estimate of drug-likeness (QED) is 0.570. The topological polar surface area (TPSA) is 46.3 Å². The average molecular weight is 144 g/mol. The van der Waals surface area contributed by atoms with Crippen LogP contribution < -0.4 is 5.73 Å². The summed E-state index contributed by atoms with van der Waals surface area (Å²) in [6.07, 6.45) is -0.155. The van der Waals surface area contributed by atoms with Crippen molar-refractivity contribution in [1.82, 2.24) is 4.90 Å². The maximum atomic E-state index is 10.7. The van der Waals surface area contributed by atoms with E-state index in [1.165, 1.54) is 6.92 Å². The molecule has 0 unspecified atom stereocenters. The second kappa shape index (κ2) is 3.56. The molecule has 0 fully saturated rings. The van der Waals surface area contributed by atoms with Crippen LogP contribution in [0.4, 0.5) is 0 Å². The molecule has 0 spiro atoms. The van der Waals surface area contributed by atoms with Gasteiger partial charge in [-0.15, -0.1) is 0 Å². The molecule has 1 amide bonds. The second-order valence-electron chi connectivity index (χ2n) is 2.86. The molecule has 0 saturated carbocycles. The molecule has 0 aromatic rings. The van der Waals surface area contributed by atoms with Crippen LogP contribution in [0.2, 0.25) is 0 Å². The summed E-state index contributed by atoms with van der Waals surface area (Å²) >= 11 is 0. The maximum Gasteiger partial charge on any atom is 0.220 e. The Morgan fingerprint density at radius 2 is 1.90 bits per heavy atom. The van der Waals surface area contributed by atoms with E-state index in [1.54, 1.807) is 11.9 Å². The van der Waals surface area contributed by atoms with Gasteiger partial charge in [0, 0.05) is 14.0 Å². The lowest BCUT2D eigenvalue weighted by atomic mass is 10.1. The summed E-state index contributed by atoms with van der Waals surface area (Å²) in [4.78, 5) is 12.3. The third-order valence-electron chi connectivity index (χ3n) is 1.63. The van der Waals surface area contributed by atoms with E-state index in [0.717, 1.165) is 0 Å². The van der Waals surface area contributed by atoms with Crippen molar-refractivity contribution < 1.29 is 4.79 Å². The third-order valence-corrected chi connectivity index (χ3v) is 1.63. The van der Waals surface area contributed by atoms with Gasteiger partial charge in [0.05, 0.1) is 6.17 Å². The minimum Gasteiger partial charge on any atom is -0.330 e. The van der Waals surface area contributed by atoms with Gasteiger partial charge in [-0.05, 0) is 5.92 Å². The van der Waals surface area contributed by atoms with Crippen molar-refractivity contribution in [2.75, 3.05) is 7.05 Å². The number of carbonyl (C=O) groups excluding carboxylic acids is 1. The Morgan fingerprint density at radius 1 is 1.50 bits per heavy atom. The van der Waals surface area contributed by atoms with Crippen LogP contribution in [0.25, 0.3) is 0 Å². The van der Waals surface area contributed by atoms with Gasteiger partial charge in [-0.1, -0.05) is 13.8 Å². The van der Waals surface area contributed by atoms with Crippen molar-refractivity contribution in [3.05, 3.63) is 0 Å². The van der Waals surface area contributed by atoms with Crippen LogP contribution in [0.3, 0.4) is 0 Å². The molecular weight excluding hydrogens is 128 g/mol. The summed E-state index contributed by atoms with van der Waals surface area (Å²) in [6, 6.07) is 0. The number of amides is 1. The van der Waals surface area contributed by atoms with Crippen LogP contribution in [0, 0.1) is 5.92 Å². The van der Waals surface area contributed by atoms with E-state index in [2.05, 4.69) is 0 Å². The summed E-state index contributed by atoms with van der Waals surface area (Å²) in [7, 11) is 1.72. The van der Waals surface area contributed by atoms with Gasteiger partial charge in [-0.3, -0.25) is 4.79 Å². The molecule has 1 atom stereocenters. The highest BCUT2D eigenvalue weighted by atomic mass is 16.2. The van der Waals surface area contributed by atoms with Crippen LogP contribution in [-0.2, 0) is 4.79 Å². The van der Waals surface area contributed by atoms with E-state index in [4.69, 9.17) is 5.73 Å². The Morgan fingerprint density at radius 3 is 2.00 bits per heavy atom. The molecule has 0 radical (unpaired) electrons. The van der Waals surface area contributed by atoms with Gasteiger partial charge in [0.1, 0.15) is 0 Å². The summed E-state index contributed by atoms with van der Waals surface area (Å²) < 4.78 is 0. The molecule has 10 heavy (non-hydrogen) atoms. The first kappa shape index (κ1) is 9.43. The standard InChI is InChI=1S/C7H16N2O/c1-5(2)7(8)9(4)6(3)10/h5,7H,8H2,1-4H3/t7-/m1/s1. The third kappa shape index (κ3) is 2.35. The number of rotatable bonds is 2. The molecule has 3 heteroatoms. The predicted molar refractivity (Wildman–Crippen MR) is 41.3 cm³/mol. The zero-order chi connectivity index (χ0) is 8.31. The monoisotopic (exact) mass is 144 g/mol. The Balaban J connectivity index is 3.94. The average Bonchev–Trinajstić information content (AvgIpc) is 1.84. The van der Waals surface area contributed by atoms with Crippen LogP contribution in [0.5, 0.6) is 0 Å². The van der Waals surface area contributed by atoms with Crippen LogP contribution in [0.15, 0.2) is 0 Å². The number of hydrogen-bond acceptors (Lipinski definition) is 2. The molecule has 0 aromatic heterocycles. The molecule has 0 rings (SSSR count). The normalized spacial score (nSPS) is 13.4. The van der Waals surface area contributed by atoms with Crippen molar-refractivity contribution in [2.24, 2.45) is 11.7 Å². The lowest BCUT2D eigenvalue weighted by Gasteiger charge is -2.26. The fraction of sp³-hybridized carbons (Fsp3) is 0.857. The van der Waals surface area contributed by atoms with E-state index in [1.807, 2.05) is 13.8 Å². The number of carbonyl (C=O) groups is 1. The van der Waals surface area contributed by atoms with E-state index in [9.17, 15) is 4.79 Å². The van der Waals surface area contributed by atoms with Crippen molar-refractivity contribution in [1.29, 1.82) is 0 Å². The minimum absolute atomic E-state index is 0.0150. The largest absolute Gasteiger partial charge is 0.330 e. The maximum absolute atomic E-state index is 10.7.